The van der Waals surface area contributed by atoms with Gasteiger partial charge in [-0.05, 0) is 36.6 Å². The summed E-state index contributed by atoms with van der Waals surface area (Å²) >= 11 is 6.04. The van der Waals surface area contributed by atoms with Crippen LogP contribution in [0.2, 0.25) is 5.02 Å². The summed E-state index contributed by atoms with van der Waals surface area (Å²) in [5.74, 6) is 0.485. The molecule has 0 saturated heterocycles. The van der Waals surface area contributed by atoms with Gasteiger partial charge in [0.05, 0.1) is 12.8 Å². The molecule has 1 aromatic heterocycles. The van der Waals surface area contributed by atoms with Gasteiger partial charge in [0.2, 0.25) is 5.91 Å². The molecule has 5 heteroatoms. The molecule has 0 atom stereocenters. The third-order valence-electron chi connectivity index (χ3n) is 3.12. The zero-order chi connectivity index (χ0) is 15.2. The number of methoxy groups -OCH3 is 1. The first kappa shape index (κ1) is 15.3. The smallest absolute Gasteiger partial charge is 0.224 e. The Bertz CT molecular complexity index is 630. The van der Waals surface area contributed by atoms with Gasteiger partial charge >= 0.3 is 0 Å². The number of halogens is 1. The highest BCUT2D eigenvalue weighted by molar-refractivity contribution is 6.31. The number of rotatable bonds is 5. The lowest BCUT2D eigenvalue weighted by molar-refractivity contribution is -0.116. The normalized spacial score (nSPS) is 10.2. The number of ether oxygens (including phenoxy) is 1. The molecule has 0 radical (unpaired) electrons. The van der Waals surface area contributed by atoms with Crippen LogP contribution in [0.25, 0.3) is 0 Å². The average molecular weight is 305 g/mol. The number of hydrogen-bond acceptors (Lipinski definition) is 3. The molecule has 1 amide bonds. The minimum Gasteiger partial charge on any atom is -0.495 e. The van der Waals surface area contributed by atoms with E-state index in [1.54, 1.807) is 25.6 Å². The minimum absolute atomic E-state index is 0.0705. The number of anilines is 1. The quantitative estimate of drug-likeness (QED) is 0.918. The zero-order valence-electron chi connectivity index (χ0n) is 12.0. The summed E-state index contributed by atoms with van der Waals surface area (Å²) in [5, 5.41) is 3.47. The number of nitrogens with one attached hydrogen (secondary N) is 1. The molecule has 0 aliphatic heterocycles. The van der Waals surface area contributed by atoms with Crippen molar-refractivity contribution in [2.45, 2.75) is 19.8 Å². The van der Waals surface area contributed by atoms with Crippen LogP contribution in [0.5, 0.6) is 5.75 Å². The van der Waals surface area contributed by atoms with Gasteiger partial charge in [-0.3, -0.25) is 9.78 Å². The number of nitrogens with zero attached hydrogens (tertiary/aromatic N) is 1. The summed E-state index contributed by atoms with van der Waals surface area (Å²) in [6, 6.07) is 7.32. The van der Waals surface area contributed by atoms with Crippen molar-refractivity contribution in [2.75, 3.05) is 12.4 Å². The first-order valence-corrected chi connectivity index (χ1v) is 7.01. The van der Waals surface area contributed by atoms with Crippen molar-refractivity contribution in [1.29, 1.82) is 0 Å². The lowest BCUT2D eigenvalue weighted by Gasteiger charge is -2.12. The number of hydrogen-bond donors (Lipinski definition) is 1. The van der Waals surface area contributed by atoms with E-state index < -0.39 is 0 Å². The van der Waals surface area contributed by atoms with Crippen LogP contribution in [0.1, 0.15) is 17.5 Å². The van der Waals surface area contributed by atoms with Gasteiger partial charge in [-0.1, -0.05) is 17.7 Å². The van der Waals surface area contributed by atoms with Crippen molar-refractivity contribution in [1.82, 2.24) is 4.98 Å². The maximum absolute atomic E-state index is 12.0. The summed E-state index contributed by atoms with van der Waals surface area (Å²) in [4.78, 5) is 16.1. The Morgan fingerprint density at radius 3 is 2.90 bits per heavy atom. The highest BCUT2D eigenvalue weighted by atomic mass is 35.5. The molecule has 110 valence electrons. The molecular formula is C16H17ClN2O2. The minimum atomic E-state index is -0.0705. The van der Waals surface area contributed by atoms with Crippen molar-refractivity contribution in [3.63, 3.8) is 0 Å². The second kappa shape index (κ2) is 7.09. The number of carbonyl (C=O) groups excluding carboxylic acids is 1. The molecule has 2 rings (SSSR count). The lowest BCUT2D eigenvalue weighted by atomic mass is 10.1. The van der Waals surface area contributed by atoms with Crippen molar-refractivity contribution >= 4 is 23.2 Å². The Hall–Kier alpha value is -2.07. The number of aromatic nitrogens is 1. The molecule has 1 aromatic carbocycles. The zero-order valence-corrected chi connectivity index (χ0v) is 12.8. The predicted octanol–water partition coefficient (Wildman–Crippen LogP) is 3.62. The van der Waals surface area contributed by atoms with Crippen LogP contribution in [-0.2, 0) is 11.2 Å². The topological polar surface area (TPSA) is 51.2 Å². The fourth-order valence-electron chi connectivity index (χ4n) is 1.95. The van der Waals surface area contributed by atoms with Crippen LogP contribution in [-0.4, -0.2) is 18.0 Å². The molecular weight excluding hydrogens is 288 g/mol. The number of amides is 1. The van der Waals surface area contributed by atoms with E-state index in [1.165, 1.54) is 0 Å². The number of carbonyl (C=O) groups is 1. The van der Waals surface area contributed by atoms with E-state index in [9.17, 15) is 4.79 Å². The third kappa shape index (κ3) is 4.20. The van der Waals surface area contributed by atoms with E-state index in [0.29, 0.717) is 29.3 Å². The van der Waals surface area contributed by atoms with Gasteiger partial charge in [0, 0.05) is 29.9 Å². The predicted molar refractivity (Wildman–Crippen MR) is 83.9 cm³/mol. The molecule has 1 heterocycles. The summed E-state index contributed by atoms with van der Waals surface area (Å²) in [6.07, 6.45) is 4.51. The van der Waals surface area contributed by atoms with Crippen LogP contribution in [0.4, 0.5) is 5.69 Å². The van der Waals surface area contributed by atoms with Crippen LogP contribution >= 0.6 is 11.6 Å². The molecule has 1 N–H and O–H groups in total. The molecule has 2 aromatic rings. The Labute approximate surface area is 129 Å². The van der Waals surface area contributed by atoms with Crippen molar-refractivity contribution < 1.29 is 9.53 Å². The van der Waals surface area contributed by atoms with Gasteiger partial charge in [-0.2, -0.15) is 0 Å². The molecule has 0 fully saturated rings. The summed E-state index contributed by atoms with van der Waals surface area (Å²) in [6.45, 7) is 1.88. The largest absolute Gasteiger partial charge is 0.495 e. The van der Waals surface area contributed by atoms with E-state index in [4.69, 9.17) is 16.3 Å². The Morgan fingerprint density at radius 2 is 2.24 bits per heavy atom. The SMILES string of the molecule is COc1cc(Cl)c(C)cc1NC(=O)CCc1cccnc1. The second-order valence-corrected chi connectivity index (χ2v) is 5.12. The van der Waals surface area contributed by atoms with Gasteiger partial charge < -0.3 is 10.1 Å². The van der Waals surface area contributed by atoms with Crippen molar-refractivity contribution in [3.8, 4) is 5.75 Å². The number of pyridine rings is 1. The van der Waals surface area contributed by atoms with Crippen LogP contribution in [0, 0.1) is 6.92 Å². The first-order valence-electron chi connectivity index (χ1n) is 6.63. The van der Waals surface area contributed by atoms with Crippen LogP contribution in [0.15, 0.2) is 36.7 Å². The molecule has 0 aliphatic rings. The Kier molecular flexibility index (Phi) is 5.17. The van der Waals surface area contributed by atoms with E-state index >= 15 is 0 Å². The standard InChI is InChI=1S/C16H17ClN2O2/c1-11-8-14(15(21-2)9-13(11)17)19-16(20)6-5-12-4-3-7-18-10-12/h3-4,7-10H,5-6H2,1-2H3,(H,19,20). The average Bonchev–Trinajstić information content (AvgIpc) is 2.49. The van der Waals surface area contributed by atoms with Gasteiger partial charge in [-0.25, -0.2) is 0 Å². The molecule has 0 saturated carbocycles. The van der Waals surface area contributed by atoms with E-state index in [-0.39, 0.29) is 5.91 Å². The van der Waals surface area contributed by atoms with Gasteiger partial charge in [-0.15, -0.1) is 0 Å². The molecule has 21 heavy (non-hydrogen) atoms. The third-order valence-corrected chi connectivity index (χ3v) is 3.53. The van der Waals surface area contributed by atoms with E-state index in [1.807, 2.05) is 25.1 Å². The summed E-state index contributed by atoms with van der Waals surface area (Å²) < 4.78 is 5.24. The molecule has 0 aliphatic carbocycles. The highest BCUT2D eigenvalue weighted by Gasteiger charge is 2.10. The van der Waals surface area contributed by atoms with E-state index in [2.05, 4.69) is 10.3 Å². The highest BCUT2D eigenvalue weighted by Crippen LogP contribution is 2.31. The number of benzene rings is 1. The Balaban J connectivity index is 2.01. The van der Waals surface area contributed by atoms with Crippen LogP contribution < -0.4 is 10.1 Å². The monoisotopic (exact) mass is 304 g/mol. The van der Waals surface area contributed by atoms with Crippen molar-refractivity contribution in [3.05, 3.63) is 52.8 Å². The molecule has 0 spiro atoms. The molecule has 0 unspecified atom stereocenters. The van der Waals surface area contributed by atoms with Gasteiger partial charge in [0.15, 0.2) is 0 Å². The van der Waals surface area contributed by atoms with Crippen LogP contribution in [0.3, 0.4) is 0 Å². The second-order valence-electron chi connectivity index (χ2n) is 4.71. The first-order chi connectivity index (χ1) is 10.1. The summed E-state index contributed by atoms with van der Waals surface area (Å²) in [7, 11) is 1.55. The fourth-order valence-corrected chi connectivity index (χ4v) is 2.10. The van der Waals surface area contributed by atoms with Gasteiger partial charge in [0.1, 0.15) is 5.75 Å². The maximum Gasteiger partial charge on any atom is 0.224 e. The van der Waals surface area contributed by atoms with Crippen molar-refractivity contribution in [2.24, 2.45) is 0 Å². The summed E-state index contributed by atoms with van der Waals surface area (Å²) in [5.41, 5.74) is 2.56. The molecule has 4 nitrogen and oxygen atoms in total. The maximum atomic E-state index is 12.0. The van der Waals surface area contributed by atoms with E-state index in [0.717, 1.165) is 11.1 Å². The van der Waals surface area contributed by atoms with Gasteiger partial charge in [0.25, 0.3) is 0 Å². The number of aryl methyl sites for hydroxylation is 2. The fraction of sp³-hybridized carbons (Fsp3) is 0.250. The molecule has 0 bridgehead atoms. The lowest BCUT2D eigenvalue weighted by Crippen LogP contribution is -2.13. The Morgan fingerprint density at radius 1 is 1.43 bits per heavy atom.